The van der Waals surface area contributed by atoms with Gasteiger partial charge >= 0.3 is 12.1 Å². The molecular weight excluding hydrogens is 523 g/mol. The zero-order valence-electron chi connectivity index (χ0n) is 19.6. The van der Waals surface area contributed by atoms with Gasteiger partial charge in [0, 0.05) is 18.7 Å². The van der Waals surface area contributed by atoms with Crippen molar-refractivity contribution in [3.8, 4) is 5.75 Å². The standard InChI is InChI=1S/C24H20F7N5O2/c1-35-33-14-36(34-35)13-22(37,19-8-6-17(25)10-20(19)26)23(27,28)21-9-7-18(11-32-21)38-12-15-2-4-16(5-3-15)24(29,30)31/h2-11,14,34,37H,12-13H2,1H3. The van der Waals surface area contributed by atoms with Crippen molar-refractivity contribution < 1.29 is 40.6 Å². The van der Waals surface area contributed by atoms with Gasteiger partial charge in [0.05, 0.1) is 18.3 Å². The second-order valence-corrected chi connectivity index (χ2v) is 8.40. The van der Waals surface area contributed by atoms with Gasteiger partial charge in [-0.1, -0.05) is 12.1 Å². The molecule has 0 saturated carbocycles. The minimum Gasteiger partial charge on any atom is -0.487 e. The molecule has 0 fully saturated rings. The largest absolute Gasteiger partial charge is 0.487 e. The fourth-order valence-corrected chi connectivity index (χ4v) is 3.70. The fraction of sp³-hybridized carbons (Fsp3) is 0.250. The van der Waals surface area contributed by atoms with Gasteiger partial charge in [0.2, 0.25) is 0 Å². The second kappa shape index (κ2) is 10.1. The molecule has 0 saturated heterocycles. The lowest BCUT2D eigenvalue weighted by Crippen LogP contribution is -2.55. The van der Waals surface area contributed by atoms with Crippen molar-refractivity contribution in [3.05, 3.63) is 94.8 Å². The van der Waals surface area contributed by atoms with Gasteiger partial charge in [-0.25, -0.2) is 13.9 Å². The summed E-state index contributed by atoms with van der Waals surface area (Å²) in [5, 5.41) is 17.2. The Morgan fingerprint density at radius 2 is 1.68 bits per heavy atom. The predicted molar refractivity (Wildman–Crippen MR) is 120 cm³/mol. The van der Waals surface area contributed by atoms with E-state index in [0.29, 0.717) is 11.6 Å². The summed E-state index contributed by atoms with van der Waals surface area (Å²) in [6, 6.07) is 7.99. The van der Waals surface area contributed by atoms with Gasteiger partial charge in [-0.3, -0.25) is 9.99 Å². The number of hydrogen-bond acceptors (Lipinski definition) is 7. The Bertz CT molecular complexity index is 1300. The molecule has 2 N–H and O–H groups in total. The first-order valence-corrected chi connectivity index (χ1v) is 10.9. The summed E-state index contributed by atoms with van der Waals surface area (Å²) in [4.78, 5) is 3.67. The fourth-order valence-electron chi connectivity index (χ4n) is 3.70. The Labute approximate surface area is 211 Å². The Morgan fingerprint density at radius 1 is 0.974 bits per heavy atom. The summed E-state index contributed by atoms with van der Waals surface area (Å²) in [5.41, 5.74) is -2.98. The topological polar surface area (TPSA) is 73.2 Å². The molecule has 1 aliphatic heterocycles. The first-order valence-electron chi connectivity index (χ1n) is 10.9. The number of nitrogens with one attached hydrogen (secondary N) is 1. The maximum absolute atomic E-state index is 15.8. The Kier molecular flexibility index (Phi) is 7.21. The van der Waals surface area contributed by atoms with Crippen LogP contribution in [0.15, 0.2) is 65.9 Å². The lowest BCUT2D eigenvalue weighted by molar-refractivity contribution is -0.207. The van der Waals surface area contributed by atoms with Gasteiger partial charge < -0.3 is 9.84 Å². The van der Waals surface area contributed by atoms with E-state index in [0.717, 1.165) is 59.1 Å². The van der Waals surface area contributed by atoms with Crippen molar-refractivity contribution >= 4 is 6.34 Å². The highest BCUT2D eigenvalue weighted by Gasteiger charge is 2.58. The van der Waals surface area contributed by atoms with Crippen LogP contribution >= 0.6 is 0 Å². The first-order chi connectivity index (χ1) is 17.8. The predicted octanol–water partition coefficient (Wildman–Crippen LogP) is 4.55. The monoisotopic (exact) mass is 543 g/mol. The minimum absolute atomic E-state index is 0.0101. The van der Waals surface area contributed by atoms with E-state index in [1.807, 2.05) is 0 Å². The Balaban J connectivity index is 1.56. The molecule has 0 amide bonds. The number of aromatic nitrogens is 1. The van der Waals surface area contributed by atoms with Crippen LogP contribution < -0.4 is 10.3 Å². The van der Waals surface area contributed by atoms with E-state index in [1.165, 1.54) is 19.2 Å². The third-order valence-electron chi connectivity index (χ3n) is 5.68. The molecule has 3 aromatic rings. The van der Waals surface area contributed by atoms with E-state index in [1.54, 1.807) is 0 Å². The number of hydrogen-bond donors (Lipinski definition) is 2. The SMILES string of the molecule is CN1N=CN(CC(O)(c2ccc(F)cc2F)C(F)(F)c2ccc(OCc3ccc(C(F)(F)F)cc3)cn2)N1. The van der Waals surface area contributed by atoms with Crippen molar-refractivity contribution in [2.45, 2.75) is 24.3 Å². The molecule has 2 heterocycles. The molecular formula is C24H20F7N5O2. The van der Waals surface area contributed by atoms with Crippen LogP contribution in [0.1, 0.15) is 22.4 Å². The molecule has 7 nitrogen and oxygen atoms in total. The van der Waals surface area contributed by atoms with Crippen LogP contribution in [-0.4, -0.2) is 40.1 Å². The highest BCUT2D eigenvalue weighted by atomic mass is 19.4. The van der Waals surface area contributed by atoms with E-state index >= 15 is 8.78 Å². The third kappa shape index (κ3) is 5.50. The number of hydrazine groups is 2. The minimum atomic E-state index is -4.49. The van der Waals surface area contributed by atoms with E-state index in [4.69, 9.17) is 4.74 Å². The number of benzene rings is 2. The van der Waals surface area contributed by atoms with Gasteiger partial charge in [-0.15, -0.1) is 10.6 Å². The molecule has 1 atom stereocenters. The molecule has 0 aliphatic carbocycles. The Hall–Kier alpha value is -3.91. The van der Waals surface area contributed by atoms with Crippen molar-refractivity contribution in [2.75, 3.05) is 13.6 Å². The van der Waals surface area contributed by atoms with Crippen LogP contribution in [0.5, 0.6) is 5.75 Å². The Morgan fingerprint density at radius 3 is 2.24 bits per heavy atom. The second-order valence-electron chi connectivity index (χ2n) is 8.40. The summed E-state index contributed by atoms with van der Waals surface area (Å²) in [6.45, 7) is -1.09. The number of nitrogens with zero attached hydrogens (tertiary/aromatic N) is 4. The third-order valence-corrected chi connectivity index (χ3v) is 5.68. The number of β-amino-alcohol motifs (C(OH)–C–C–N with tert-alkyl or cyclic N) is 1. The van der Waals surface area contributed by atoms with Crippen LogP contribution in [0.3, 0.4) is 0 Å². The summed E-state index contributed by atoms with van der Waals surface area (Å²) in [5.74, 6) is -6.62. The average molecular weight is 543 g/mol. The highest BCUT2D eigenvalue weighted by molar-refractivity contribution is 5.55. The molecule has 202 valence electrons. The number of rotatable bonds is 8. The van der Waals surface area contributed by atoms with Crippen molar-refractivity contribution in [1.29, 1.82) is 0 Å². The van der Waals surface area contributed by atoms with Gasteiger partial charge in [-0.2, -0.15) is 22.0 Å². The molecule has 4 rings (SSSR count). The molecule has 2 aromatic carbocycles. The number of pyridine rings is 1. The first kappa shape index (κ1) is 27.1. The van der Waals surface area contributed by atoms with Gasteiger partial charge in [0.1, 0.15) is 36.0 Å². The highest BCUT2D eigenvalue weighted by Crippen LogP contribution is 2.46. The molecule has 0 bridgehead atoms. The normalized spacial score (nSPS) is 15.6. The van der Waals surface area contributed by atoms with Crippen molar-refractivity contribution in [1.82, 2.24) is 20.6 Å². The van der Waals surface area contributed by atoms with Gasteiger partial charge in [-0.05, 0) is 42.0 Å². The maximum atomic E-state index is 15.8. The zero-order valence-corrected chi connectivity index (χ0v) is 19.6. The van der Waals surface area contributed by atoms with Gasteiger partial charge in [0.15, 0.2) is 5.60 Å². The number of aliphatic hydroxyl groups is 1. The van der Waals surface area contributed by atoms with Crippen LogP contribution in [0, 0.1) is 11.6 Å². The summed E-state index contributed by atoms with van der Waals surface area (Å²) in [7, 11) is 1.46. The average Bonchev–Trinajstić information content (AvgIpc) is 3.26. The summed E-state index contributed by atoms with van der Waals surface area (Å²) < 4.78 is 103. The summed E-state index contributed by atoms with van der Waals surface area (Å²) >= 11 is 0. The van der Waals surface area contributed by atoms with Crippen molar-refractivity contribution in [3.63, 3.8) is 0 Å². The molecule has 1 unspecified atom stereocenters. The van der Waals surface area contributed by atoms with Crippen LogP contribution in [-0.2, 0) is 24.3 Å². The number of ether oxygens (including phenoxy) is 1. The maximum Gasteiger partial charge on any atom is 0.416 e. The molecule has 38 heavy (non-hydrogen) atoms. The van der Waals surface area contributed by atoms with E-state index < -0.39 is 52.7 Å². The number of hydrazone groups is 1. The van der Waals surface area contributed by atoms with E-state index in [9.17, 15) is 27.1 Å². The van der Waals surface area contributed by atoms with Crippen LogP contribution in [0.4, 0.5) is 30.7 Å². The quantitative estimate of drug-likeness (QED) is 0.407. The number of halogens is 7. The molecule has 1 aromatic heterocycles. The van der Waals surface area contributed by atoms with Gasteiger partial charge in [0.25, 0.3) is 0 Å². The van der Waals surface area contributed by atoms with E-state index in [2.05, 4.69) is 15.6 Å². The van der Waals surface area contributed by atoms with Crippen LogP contribution in [0.25, 0.3) is 0 Å². The number of alkyl halides is 5. The van der Waals surface area contributed by atoms with Crippen LogP contribution in [0.2, 0.25) is 0 Å². The lowest BCUT2D eigenvalue weighted by atomic mass is 9.84. The molecule has 14 heteroatoms. The summed E-state index contributed by atoms with van der Waals surface area (Å²) in [6.07, 6.45) is -2.47. The molecule has 1 aliphatic rings. The van der Waals surface area contributed by atoms with Crippen molar-refractivity contribution in [2.24, 2.45) is 5.10 Å². The molecule has 0 spiro atoms. The van der Waals surface area contributed by atoms with E-state index in [-0.39, 0.29) is 12.4 Å². The molecule has 0 radical (unpaired) electrons. The smallest absolute Gasteiger partial charge is 0.416 e. The lowest BCUT2D eigenvalue weighted by Gasteiger charge is -2.38. The zero-order chi connectivity index (χ0) is 27.7.